The van der Waals surface area contributed by atoms with Crippen molar-refractivity contribution in [3.63, 3.8) is 0 Å². The van der Waals surface area contributed by atoms with E-state index in [-0.39, 0.29) is 6.10 Å². The first kappa shape index (κ1) is 15.5. The van der Waals surface area contributed by atoms with E-state index >= 15 is 0 Å². The summed E-state index contributed by atoms with van der Waals surface area (Å²) < 4.78 is 10.5. The zero-order valence-electron chi connectivity index (χ0n) is 12.3. The number of aliphatic hydroxyl groups is 1. The number of carbonyl (C=O) groups is 1. The van der Waals surface area contributed by atoms with E-state index in [9.17, 15) is 9.90 Å². The molecule has 3 atom stereocenters. The molecular weight excluding hydrogens is 256 g/mol. The Balaban J connectivity index is 1.50. The molecule has 1 fully saturated rings. The molecule has 2 rings (SSSR count). The third kappa shape index (κ3) is 3.61. The van der Waals surface area contributed by atoms with Crippen LogP contribution in [-0.2, 0) is 14.3 Å². The van der Waals surface area contributed by atoms with Crippen molar-refractivity contribution in [2.45, 2.75) is 82.7 Å². The first-order valence-corrected chi connectivity index (χ1v) is 7.96. The van der Waals surface area contributed by atoms with Gasteiger partial charge in [-0.3, -0.25) is 0 Å². The van der Waals surface area contributed by atoms with E-state index in [2.05, 4.69) is 6.92 Å². The Kier molecular flexibility index (Phi) is 5.61. The molecular formula is C16H26O4. The van der Waals surface area contributed by atoms with Crippen LogP contribution in [0, 0.1) is 0 Å². The smallest absolute Gasteiger partial charge is 0.333 e. The van der Waals surface area contributed by atoms with Gasteiger partial charge >= 0.3 is 5.97 Å². The summed E-state index contributed by atoms with van der Waals surface area (Å²) in [6.07, 6.45) is 12.9. The van der Waals surface area contributed by atoms with E-state index in [1.807, 2.05) is 0 Å². The molecule has 0 saturated carbocycles. The normalized spacial score (nSPS) is 31.6. The van der Waals surface area contributed by atoms with Gasteiger partial charge < -0.3 is 14.6 Å². The van der Waals surface area contributed by atoms with Crippen LogP contribution in [0.3, 0.4) is 0 Å². The first-order valence-electron chi connectivity index (χ1n) is 7.96. The second-order valence-electron chi connectivity index (χ2n) is 5.84. The number of carbonyl (C=O) groups excluding carboxylic acids is 1. The topological polar surface area (TPSA) is 55.8 Å². The molecule has 0 aliphatic carbocycles. The van der Waals surface area contributed by atoms with E-state index in [1.54, 1.807) is 0 Å². The van der Waals surface area contributed by atoms with Crippen molar-refractivity contribution in [1.29, 1.82) is 0 Å². The number of hydrogen-bond donors (Lipinski definition) is 1. The third-order valence-corrected chi connectivity index (χ3v) is 4.15. The number of aliphatic hydroxyl groups excluding tert-OH is 1. The summed E-state index contributed by atoms with van der Waals surface area (Å²) in [7, 11) is 0. The molecule has 0 aromatic carbocycles. The fourth-order valence-electron chi connectivity index (χ4n) is 2.89. The Labute approximate surface area is 121 Å². The molecule has 0 aromatic heterocycles. The lowest BCUT2D eigenvalue weighted by atomic mass is 9.92. The van der Waals surface area contributed by atoms with Gasteiger partial charge in [0, 0.05) is 6.08 Å². The Bertz CT molecular complexity index is 352. The van der Waals surface area contributed by atoms with Crippen LogP contribution in [0.2, 0.25) is 0 Å². The average Bonchev–Trinajstić information content (AvgIpc) is 2.84. The zero-order valence-corrected chi connectivity index (χ0v) is 12.3. The van der Waals surface area contributed by atoms with Crippen LogP contribution >= 0.6 is 0 Å². The Morgan fingerprint density at radius 1 is 1.15 bits per heavy atom. The monoisotopic (exact) mass is 282 g/mol. The lowest BCUT2D eigenvalue weighted by Crippen LogP contribution is -2.63. The fourth-order valence-corrected chi connectivity index (χ4v) is 2.89. The van der Waals surface area contributed by atoms with Gasteiger partial charge in [0.15, 0.2) is 0 Å². The van der Waals surface area contributed by atoms with Crippen molar-refractivity contribution < 1.29 is 19.4 Å². The molecule has 20 heavy (non-hydrogen) atoms. The van der Waals surface area contributed by atoms with Crippen LogP contribution in [0.5, 0.6) is 0 Å². The molecule has 0 bridgehead atoms. The van der Waals surface area contributed by atoms with Gasteiger partial charge in [-0.1, -0.05) is 58.3 Å². The molecule has 0 radical (unpaired) electrons. The van der Waals surface area contributed by atoms with Crippen LogP contribution in [0.25, 0.3) is 0 Å². The summed E-state index contributed by atoms with van der Waals surface area (Å²) in [5.74, 6) is -1.60. The van der Waals surface area contributed by atoms with Gasteiger partial charge in [-0.2, -0.15) is 0 Å². The summed E-state index contributed by atoms with van der Waals surface area (Å²) in [6.45, 7) is 2.23. The molecule has 1 N–H and O–H groups in total. The fraction of sp³-hybridized carbons (Fsp3) is 0.812. The minimum atomic E-state index is -1.16. The van der Waals surface area contributed by atoms with Crippen molar-refractivity contribution in [1.82, 2.24) is 0 Å². The number of rotatable bonds is 9. The average molecular weight is 282 g/mol. The van der Waals surface area contributed by atoms with Gasteiger partial charge in [-0.25, -0.2) is 4.79 Å². The predicted molar refractivity (Wildman–Crippen MR) is 76.1 cm³/mol. The van der Waals surface area contributed by atoms with Crippen LogP contribution in [0.1, 0.15) is 64.7 Å². The molecule has 0 unspecified atom stereocenters. The number of esters is 1. The minimum absolute atomic E-state index is 0.189. The summed E-state index contributed by atoms with van der Waals surface area (Å²) >= 11 is 0. The van der Waals surface area contributed by atoms with Crippen LogP contribution < -0.4 is 0 Å². The van der Waals surface area contributed by atoms with Crippen molar-refractivity contribution >= 4 is 5.97 Å². The summed E-state index contributed by atoms with van der Waals surface area (Å²) in [5.41, 5.74) is 0. The Hall–Kier alpha value is -0.870. The minimum Gasteiger partial charge on any atom is -0.423 e. The SMILES string of the molecule is CCCCCCCCCC[C@H]1O[C@@]2(C=CC(=O)O2)[C@@H]1O. The highest BCUT2D eigenvalue weighted by molar-refractivity contribution is 5.85. The number of ether oxygens (including phenoxy) is 2. The maximum absolute atomic E-state index is 11.0. The van der Waals surface area contributed by atoms with Crippen LogP contribution in [-0.4, -0.2) is 29.1 Å². The van der Waals surface area contributed by atoms with Crippen molar-refractivity contribution in [2.75, 3.05) is 0 Å². The molecule has 114 valence electrons. The highest BCUT2D eigenvalue weighted by Crippen LogP contribution is 2.40. The van der Waals surface area contributed by atoms with Gasteiger partial charge in [0.2, 0.25) is 0 Å². The summed E-state index contributed by atoms with van der Waals surface area (Å²) in [4.78, 5) is 11.0. The summed E-state index contributed by atoms with van der Waals surface area (Å²) in [5, 5.41) is 10.0. The second kappa shape index (κ2) is 7.23. The maximum Gasteiger partial charge on any atom is 0.333 e. The second-order valence-corrected chi connectivity index (χ2v) is 5.84. The molecule has 4 heteroatoms. The van der Waals surface area contributed by atoms with E-state index in [0.29, 0.717) is 0 Å². The summed E-state index contributed by atoms with van der Waals surface area (Å²) in [6, 6.07) is 0. The quantitative estimate of drug-likeness (QED) is 0.521. The molecule has 2 aliphatic heterocycles. The molecule has 0 amide bonds. The van der Waals surface area contributed by atoms with E-state index < -0.39 is 17.9 Å². The van der Waals surface area contributed by atoms with Crippen LogP contribution in [0.4, 0.5) is 0 Å². The predicted octanol–water partition coefficient (Wildman–Crippen LogP) is 3.09. The van der Waals surface area contributed by atoms with Crippen molar-refractivity contribution in [3.05, 3.63) is 12.2 Å². The van der Waals surface area contributed by atoms with Crippen molar-refractivity contribution in [3.8, 4) is 0 Å². The highest BCUT2D eigenvalue weighted by Gasteiger charge is 2.58. The molecule has 1 saturated heterocycles. The standard InChI is InChI=1S/C16H26O4/c1-2-3-4-5-6-7-8-9-10-13-15(18)16(19-13)12-11-14(17)20-16/h11-13,15,18H,2-10H2,1H3/t13-,15-,16-/m1/s1. The molecule has 4 nitrogen and oxygen atoms in total. The Morgan fingerprint density at radius 3 is 2.35 bits per heavy atom. The van der Waals surface area contributed by atoms with Gasteiger partial charge in [0.1, 0.15) is 6.10 Å². The molecule has 1 spiro atoms. The molecule has 2 aliphatic rings. The van der Waals surface area contributed by atoms with Gasteiger partial charge in [0.05, 0.1) is 6.10 Å². The lowest BCUT2D eigenvalue weighted by Gasteiger charge is -2.47. The largest absolute Gasteiger partial charge is 0.423 e. The highest BCUT2D eigenvalue weighted by atomic mass is 16.8. The molecule has 0 aromatic rings. The zero-order chi connectivity index (χ0) is 14.4. The van der Waals surface area contributed by atoms with Gasteiger partial charge in [-0.15, -0.1) is 0 Å². The van der Waals surface area contributed by atoms with E-state index in [1.165, 1.54) is 57.1 Å². The first-order chi connectivity index (χ1) is 9.68. The number of unbranched alkanes of at least 4 members (excludes halogenated alkanes) is 7. The van der Waals surface area contributed by atoms with Gasteiger partial charge in [-0.05, 0) is 12.5 Å². The maximum atomic E-state index is 11.0. The third-order valence-electron chi connectivity index (χ3n) is 4.15. The van der Waals surface area contributed by atoms with Crippen LogP contribution in [0.15, 0.2) is 12.2 Å². The van der Waals surface area contributed by atoms with Crippen molar-refractivity contribution in [2.24, 2.45) is 0 Å². The lowest BCUT2D eigenvalue weighted by molar-refractivity contribution is -0.354. The van der Waals surface area contributed by atoms with E-state index in [4.69, 9.17) is 9.47 Å². The molecule has 2 heterocycles. The Morgan fingerprint density at radius 2 is 1.80 bits per heavy atom. The van der Waals surface area contributed by atoms with Gasteiger partial charge in [0.25, 0.3) is 5.79 Å². The van der Waals surface area contributed by atoms with E-state index in [0.717, 1.165) is 12.8 Å². The number of hydrogen-bond acceptors (Lipinski definition) is 4.